The molecule has 21 heavy (non-hydrogen) atoms. The first-order chi connectivity index (χ1) is 9.94. The number of nitrogens with one attached hydrogen (secondary N) is 1. The average Bonchev–Trinajstić information content (AvgIpc) is 2.99. The lowest BCUT2D eigenvalue weighted by atomic mass is 9.98. The van der Waals surface area contributed by atoms with Gasteiger partial charge in [-0.05, 0) is 42.3 Å². The molecule has 0 radical (unpaired) electrons. The Morgan fingerprint density at radius 2 is 2.19 bits per heavy atom. The number of hydrogen-bond acceptors (Lipinski definition) is 4. The van der Waals surface area contributed by atoms with Crippen molar-refractivity contribution >= 4 is 11.3 Å². The van der Waals surface area contributed by atoms with Gasteiger partial charge in [-0.1, -0.05) is 6.07 Å². The summed E-state index contributed by atoms with van der Waals surface area (Å²) in [4.78, 5) is 0. The largest absolute Gasteiger partial charge is 0.497 e. The van der Waals surface area contributed by atoms with Crippen molar-refractivity contribution in [1.82, 2.24) is 5.32 Å². The minimum absolute atomic E-state index is 0.207. The molecular formula is C16H20FNO2S. The molecule has 3 nitrogen and oxygen atoms in total. The first-order valence-corrected chi connectivity index (χ1v) is 7.70. The zero-order valence-corrected chi connectivity index (χ0v) is 13.2. The van der Waals surface area contributed by atoms with E-state index in [0.29, 0.717) is 17.9 Å². The van der Waals surface area contributed by atoms with Crippen LogP contribution >= 0.6 is 11.3 Å². The lowest BCUT2D eigenvalue weighted by Gasteiger charge is -2.26. The highest BCUT2D eigenvalue weighted by atomic mass is 32.1. The number of hydrogen-bond donors (Lipinski definition) is 2. The second-order valence-electron chi connectivity index (χ2n) is 5.28. The van der Waals surface area contributed by atoms with Crippen molar-refractivity contribution in [3.63, 3.8) is 0 Å². The third-order valence-electron chi connectivity index (χ3n) is 3.57. The quantitative estimate of drug-likeness (QED) is 0.859. The van der Waals surface area contributed by atoms with Gasteiger partial charge < -0.3 is 15.2 Å². The van der Waals surface area contributed by atoms with Crippen molar-refractivity contribution < 1.29 is 14.2 Å². The van der Waals surface area contributed by atoms with Crippen LogP contribution in [0.2, 0.25) is 0 Å². The number of aliphatic hydroxyl groups is 1. The Bertz CT molecular complexity index is 584. The Hall–Kier alpha value is -1.43. The highest BCUT2D eigenvalue weighted by Gasteiger charge is 2.24. The van der Waals surface area contributed by atoms with Crippen LogP contribution in [0.4, 0.5) is 4.39 Å². The van der Waals surface area contributed by atoms with Crippen LogP contribution in [0.25, 0.3) is 0 Å². The van der Waals surface area contributed by atoms with E-state index in [2.05, 4.69) is 5.32 Å². The van der Waals surface area contributed by atoms with Gasteiger partial charge in [-0.3, -0.25) is 0 Å². The van der Waals surface area contributed by atoms with Crippen LogP contribution in [0.15, 0.2) is 35.0 Å². The summed E-state index contributed by atoms with van der Waals surface area (Å²) in [7, 11) is 1.51. The average molecular weight is 309 g/mol. The molecule has 2 atom stereocenters. The summed E-state index contributed by atoms with van der Waals surface area (Å²) in [5.74, 6) is 0.179. The SMILES string of the molecule is COc1ccc(C(C)NCC(C)(O)c2ccsc2)c(F)c1. The van der Waals surface area contributed by atoms with Crippen molar-refractivity contribution in [3.05, 3.63) is 52.0 Å². The van der Waals surface area contributed by atoms with Crippen LogP contribution in [-0.4, -0.2) is 18.8 Å². The molecule has 0 aliphatic heterocycles. The normalized spacial score (nSPS) is 15.5. The van der Waals surface area contributed by atoms with Crippen LogP contribution in [-0.2, 0) is 5.60 Å². The highest BCUT2D eigenvalue weighted by molar-refractivity contribution is 7.08. The molecule has 1 aromatic heterocycles. The van der Waals surface area contributed by atoms with Crippen LogP contribution in [0, 0.1) is 5.82 Å². The van der Waals surface area contributed by atoms with Gasteiger partial charge >= 0.3 is 0 Å². The summed E-state index contributed by atoms with van der Waals surface area (Å²) >= 11 is 1.54. The molecule has 0 aliphatic rings. The van der Waals surface area contributed by atoms with Gasteiger partial charge in [-0.15, -0.1) is 0 Å². The predicted octanol–water partition coefficient (Wildman–Crippen LogP) is 3.45. The maximum absolute atomic E-state index is 14.0. The van der Waals surface area contributed by atoms with Crippen LogP contribution in [0.5, 0.6) is 5.75 Å². The molecule has 0 amide bonds. The fourth-order valence-corrected chi connectivity index (χ4v) is 2.90. The molecule has 0 bridgehead atoms. The van der Waals surface area contributed by atoms with E-state index >= 15 is 0 Å². The van der Waals surface area contributed by atoms with Gasteiger partial charge in [0.15, 0.2) is 0 Å². The number of halogens is 1. The predicted molar refractivity (Wildman–Crippen MR) is 83.3 cm³/mol. The monoisotopic (exact) mass is 309 g/mol. The third-order valence-corrected chi connectivity index (χ3v) is 4.25. The molecule has 1 aromatic carbocycles. The van der Waals surface area contributed by atoms with E-state index < -0.39 is 5.60 Å². The molecule has 1 heterocycles. The van der Waals surface area contributed by atoms with Crippen molar-refractivity contribution in [2.45, 2.75) is 25.5 Å². The molecule has 0 aliphatic carbocycles. The maximum atomic E-state index is 14.0. The second kappa shape index (κ2) is 6.56. The molecule has 2 unspecified atom stereocenters. The minimum Gasteiger partial charge on any atom is -0.497 e. The van der Waals surface area contributed by atoms with Gasteiger partial charge in [-0.25, -0.2) is 4.39 Å². The fraction of sp³-hybridized carbons (Fsp3) is 0.375. The Morgan fingerprint density at radius 3 is 2.76 bits per heavy atom. The molecule has 0 spiro atoms. The molecule has 2 aromatic rings. The van der Waals surface area contributed by atoms with Gasteiger partial charge in [0.2, 0.25) is 0 Å². The molecule has 0 saturated carbocycles. The zero-order valence-electron chi connectivity index (χ0n) is 12.4. The number of methoxy groups -OCH3 is 1. The van der Waals surface area contributed by atoms with Crippen LogP contribution in [0.1, 0.15) is 31.0 Å². The lowest BCUT2D eigenvalue weighted by Crippen LogP contribution is -2.36. The van der Waals surface area contributed by atoms with E-state index in [9.17, 15) is 9.50 Å². The molecule has 114 valence electrons. The van der Waals surface area contributed by atoms with Crippen molar-refractivity contribution in [3.8, 4) is 5.75 Å². The number of ether oxygens (including phenoxy) is 1. The van der Waals surface area contributed by atoms with Crippen LogP contribution in [0.3, 0.4) is 0 Å². The molecule has 2 rings (SSSR count). The Balaban J connectivity index is 2.03. The summed E-state index contributed by atoms with van der Waals surface area (Å²) in [6, 6.07) is 6.48. The van der Waals surface area contributed by atoms with Gasteiger partial charge in [-0.2, -0.15) is 11.3 Å². The summed E-state index contributed by atoms with van der Waals surface area (Å²) in [6.45, 7) is 3.96. The summed E-state index contributed by atoms with van der Waals surface area (Å²) in [5, 5.41) is 17.5. The Labute approximate surface area is 128 Å². The maximum Gasteiger partial charge on any atom is 0.131 e. The van der Waals surface area contributed by atoms with E-state index in [-0.39, 0.29) is 11.9 Å². The van der Waals surface area contributed by atoms with Gasteiger partial charge in [0.25, 0.3) is 0 Å². The minimum atomic E-state index is -0.975. The topological polar surface area (TPSA) is 41.5 Å². The number of rotatable bonds is 6. The van der Waals surface area contributed by atoms with Crippen LogP contribution < -0.4 is 10.1 Å². The smallest absolute Gasteiger partial charge is 0.131 e. The second-order valence-corrected chi connectivity index (χ2v) is 6.06. The molecule has 0 saturated heterocycles. The number of thiophene rings is 1. The van der Waals surface area contributed by atoms with Crippen molar-refractivity contribution in [2.24, 2.45) is 0 Å². The lowest BCUT2D eigenvalue weighted by molar-refractivity contribution is 0.0547. The summed E-state index contributed by atoms with van der Waals surface area (Å²) < 4.78 is 19.0. The summed E-state index contributed by atoms with van der Waals surface area (Å²) in [5.41, 5.74) is 0.441. The highest BCUT2D eigenvalue weighted by Crippen LogP contribution is 2.25. The number of benzene rings is 1. The Kier molecular flexibility index (Phi) is 4.98. The van der Waals surface area contributed by atoms with E-state index in [1.807, 2.05) is 23.8 Å². The van der Waals surface area contributed by atoms with E-state index in [1.54, 1.807) is 30.4 Å². The molecule has 2 N–H and O–H groups in total. The van der Waals surface area contributed by atoms with Gasteiger partial charge in [0.05, 0.1) is 7.11 Å². The fourth-order valence-electron chi connectivity index (χ4n) is 2.12. The standard InChI is InChI=1S/C16H20FNO2S/c1-11(14-5-4-13(20-3)8-15(14)17)18-10-16(2,19)12-6-7-21-9-12/h4-9,11,18-19H,10H2,1-3H3. The first kappa shape index (κ1) is 15.9. The third kappa shape index (κ3) is 3.81. The zero-order chi connectivity index (χ0) is 15.5. The van der Waals surface area contributed by atoms with E-state index in [0.717, 1.165) is 5.56 Å². The Morgan fingerprint density at radius 1 is 1.43 bits per heavy atom. The first-order valence-electron chi connectivity index (χ1n) is 6.76. The molecule has 0 fully saturated rings. The van der Waals surface area contributed by atoms with Crippen molar-refractivity contribution in [1.29, 1.82) is 0 Å². The van der Waals surface area contributed by atoms with E-state index in [1.165, 1.54) is 13.2 Å². The van der Waals surface area contributed by atoms with Gasteiger partial charge in [0.1, 0.15) is 17.2 Å². The molecular weight excluding hydrogens is 289 g/mol. The van der Waals surface area contributed by atoms with Gasteiger partial charge in [0, 0.05) is 24.2 Å². The summed E-state index contributed by atoms with van der Waals surface area (Å²) in [6.07, 6.45) is 0. The van der Waals surface area contributed by atoms with Crippen molar-refractivity contribution in [2.75, 3.05) is 13.7 Å². The van der Waals surface area contributed by atoms with E-state index in [4.69, 9.17) is 4.74 Å². The molecule has 5 heteroatoms.